The summed E-state index contributed by atoms with van der Waals surface area (Å²) in [6.07, 6.45) is -2.59. The fourth-order valence-corrected chi connectivity index (χ4v) is 1.49. The van der Waals surface area contributed by atoms with Gasteiger partial charge >= 0.3 is 12.1 Å². The number of halogens is 4. The molecule has 1 aromatic heterocycles. The molecule has 0 saturated carbocycles. The van der Waals surface area contributed by atoms with E-state index in [1.807, 2.05) is 0 Å². The van der Waals surface area contributed by atoms with E-state index in [9.17, 15) is 18.0 Å². The Balaban J connectivity index is 2.96. The van der Waals surface area contributed by atoms with Crippen LogP contribution in [0, 0.1) is 0 Å². The maximum atomic E-state index is 12.4. The molecule has 0 spiro atoms. The maximum absolute atomic E-state index is 12.4. The number of alkyl halides is 4. The minimum absolute atomic E-state index is 0.110. The standard InChI is InChI=1S/C10H9BrF3NO2/c1-2-17-9(16)8(11)6-3-7(5-15-4-6)10(12,13)14/h3-5,8H,2H2,1H3. The first kappa shape index (κ1) is 14.0. The molecule has 0 aliphatic heterocycles. The van der Waals surface area contributed by atoms with Gasteiger partial charge < -0.3 is 4.74 Å². The SMILES string of the molecule is CCOC(=O)C(Br)c1cncc(C(F)(F)F)c1. The van der Waals surface area contributed by atoms with E-state index in [0.717, 1.165) is 6.07 Å². The summed E-state index contributed by atoms with van der Waals surface area (Å²) in [4.78, 5) is 13.8. The average Bonchev–Trinajstić information content (AvgIpc) is 2.27. The van der Waals surface area contributed by atoms with Crippen LogP contribution in [0.15, 0.2) is 18.5 Å². The molecule has 0 aromatic carbocycles. The third kappa shape index (κ3) is 3.69. The first-order valence-corrected chi connectivity index (χ1v) is 5.60. The topological polar surface area (TPSA) is 39.2 Å². The third-order valence-corrected chi connectivity index (χ3v) is 2.78. The van der Waals surface area contributed by atoms with Crippen LogP contribution in [0.5, 0.6) is 0 Å². The van der Waals surface area contributed by atoms with E-state index in [0.29, 0.717) is 6.20 Å². The molecule has 0 bridgehead atoms. The van der Waals surface area contributed by atoms with Gasteiger partial charge in [0, 0.05) is 12.4 Å². The molecular formula is C10H9BrF3NO2. The van der Waals surface area contributed by atoms with Gasteiger partial charge in [-0.25, -0.2) is 0 Å². The molecule has 1 unspecified atom stereocenters. The van der Waals surface area contributed by atoms with Gasteiger partial charge in [-0.05, 0) is 18.6 Å². The second-order valence-corrected chi connectivity index (χ2v) is 4.03. The zero-order valence-corrected chi connectivity index (χ0v) is 10.4. The van der Waals surface area contributed by atoms with Crippen molar-refractivity contribution in [2.45, 2.75) is 17.9 Å². The number of carbonyl (C=O) groups is 1. The Morgan fingerprint density at radius 3 is 2.71 bits per heavy atom. The van der Waals surface area contributed by atoms with Crippen molar-refractivity contribution in [2.24, 2.45) is 0 Å². The molecule has 3 nitrogen and oxygen atoms in total. The molecule has 0 N–H and O–H groups in total. The quantitative estimate of drug-likeness (QED) is 0.636. The van der Waals surface area contributed by atoms with Crippen molar-refractivity contribution in [3.8, 4) is 0 Å². The normalized spacial score (nSPS) is 13.2. The smallest absolute Gasteiger partial charge is 0.417 e. The summed E-state index contributed by atoms with van der Waals surface area (Å²) in [6.45, 7) is 1.77. The molecule has 1 aromatic rings. The van der Waals surface area contributed by atoms with Gasteiger partial charge in [-0.1, -0.05) is 15.9 Å². The Hall–Kier alpha value is -1.11. The lowest BCUT2D eigenvalue weighted by molar-refractivity contribution is -0.143. The molecule has 1 rings (SSSR count). The highest BCUT2D eigenvalue weighted by Gasteiger charge is 2.32. The first-order valence-electron chi connectivity index (χ1n) is 4.69. The molecule has 0 radical (unpaired) electrons. The highest BCUT2D eigenvalue weighted by atomic mass is 79.9. The Bertz CT molecular complexity index is 409. The Kier molecular flexibility index (Phi) is 4.50. The molecule has 0 aliphatic rings. The predicted molar refractivity (Wildman–Crippen MR) is 57.5 cm³/mol. The van der Waals surface area contributed by atoms with Gasteiger partial charge in [0.2, 0.25) is 0 Å². The summed E-state index contributed by atoms with van der Waals surface area (Å²) in [5.74, 6) is -0.645. The largest absolute Gasteiger partial charge is 0.465 e. The number of rotatable bonds is 3. The van der Waals surface area contributed by atoms with Crippen molar-refractivity contribution in [3.63, 3.8) is 0 Å². The summed E-state index contributed by atoms with van der Waals surface area (Å²) in [5.41, 5.74) is -0.790. The number of ether oxygens (including phenoxy) is 1. The lowest BCUT2D eigenvalue weighted by atomic mass is 10.1. The summed E-state index contributed by atoms with van der Waals surface area (Å²) in [7, 11) is 0. The second-order valence-electron chi connectivity index (χ2n) is 3.12. The van der Waals surface area contributed by atoms with Crippen LogP contribution in [-0.4, -0.2) is 17.6 Å². The number of hydrogen-bond donors (Lipinski definition) is 0. The molecule has 1 heterocycles. The van der Waals surface area contributed by atoms with Crippen LogP contribution in [0.2, 0.25) is 0 Å². The van der Waals surface area contributed by atoms with Gasteiger partial charge in [0.15, 0.2) is 0 Å². The van der Waals surface area contributed by atoms with E-state index in [1.54, 1.807) is 6.92 Å². The molecule has 17 heavy (non-hydrogen) atoms. The molecule has 0 fully saturated rings. The van der Waals surface area contributed by atoms with Crippen molar-refractivity contribution in [3.05, 3.63) is 29.6 Å². The summed E-state index contributed by atoms with van der Waals surface area (Å²) in [5, 5.41) is 0. The number of carbonyl (C=O) groups excluding carboxylic acids is 1. The lowest BCUT2D eigenvalue weighted by Gasteiger charge is -2.11. The van der Waals surface area contributed by atoms with Crippen molar-refractivity contribution in [2.75, 3.05) is 6.61 Å². The van der Waals surface area contributed by atoms with Crippen molar-refractivity contribution in [1.82, 2.24) is 4.98 Å². The monoisotopic (exact) mass is 311 g/mol. The van der Waals surface area contributed by atoms with E-state index in [-0.39, 0.29) is 12.2 Å². The highest BCUT2D eigenvalue weighted by Crippen LogP contribution is 2.32. The average molecular weight is 312 g/mol. The fourth-order valence-electron chi connectivity index (χ4n) is 1.10. The molecule has 0 saturated heterocycles. The number of pyridine rings is 1. The minimum atomic E-state index is -4.48. The molecule has 7 heteroatoms. The van der Waals surface area contributed by atoms with Crippen LogP contribution in [0.25, 0.3) is 0 Å². The number of aromatic nitrogens is 1. The van der Waals surface area contributed by atoms with E-state index < -0.39 is 22.5 Å². The predicted octanol–water partition coefficient (Wildman–Crippen LogP) is 3.10. The molecule has 1 atom stereocenters. The molecular weight excluding hydrogens is 303 g/mol. The second kappa shape index (κ2) is 5.48. The summed E-state index contributed by atoms with van der Waals surface area (Å²) in [6, 6.07) is 0.864. The number of nitrogens with zero attached hydrogens (tertiary/aromatic N) is 1. The van der Waals surface area contributed by atoms with Crippen LogP contribution in [0.1, 0.15) is 22.9 Å². The first-order chi connectivity index (χ1) is 7.86. The van der Waals surface area contributed by atoms with Crippen molar-refractivity contribution >= 4 is 21.9 Å². The summed E-state index contributed by atoms with van der Waals surface area (Å²) >= 11 is 2.97. The van der Waals surface area contributed by atoms with Crippen LogP contribution in [0.4, 0.5) is 13.2 Å². The van der Waals surface area contributed by atoms with Gasteiger partial charge in [0.1, 0.15) is 4.83 Å². The minimum Gasteiger partial charge on any atom is -0.465 e. The fraction of sp³-hybridized carbons (Fsp3) is 0.400. The Morgan fingerprint density at radius 2 is 2.18 bits per heavy atom. The zero-order valence-electron chi connectivity index (χ0n) is 8.79. The van der Waals surface area contributed by atoms with Gasteiger partial charge in [-0.15, -0.1) is 0 Å². The van der Waals surface area contributed by atoms with Crippen molar-refractivity contribution in [1.29, 1.82) is 0 Å². The molecule has 0 amide bonds. The van der Waals surface area contributed by atoms with Gasteiger partial charge in [-0.2, -0.15) is 13.2 Å². The lowest BCUT2D eigenvalue weighted by Crippen LogP contribution is -2.13. The Labute approximate surface area is 104 Å². The van der Waals surface area contributed by atoms with Gasteiger partial charge in [0.05, 0.1) is 12.2 Å². The highest BCUT2D eigenvalue weighted by molar-refractivity contribution is 9.09. The van der Waals surface area contributed by atoms with E-state index >= 15 is 0 Å². The number of hydrogen-bond acceptors (Lipinski definition) is 3. The van der Waals surface area contributed by atoms with E-state index in [1.165, 1.54) is 6.20 Å². The van der Waals surface area contributed by atoms with Crippen LogP contribution in [-0.2, 0) is 15.7 Å². The van der Waals surface area contributed by atoms with Gasteiger partial charge in [0.25, 0.3) is 0 Å². The summed E-state index contributed by atoms with van der Waals surface area (Å²) < 4.78 is 41.9. The number of esters is 1. The van der Waals surface area contributed by atoms with Crippen molar-refractivity contribution < 1.29 is 22.7 Å². The zero-order chi connectivity index (χ0) is 13.1. The van der Waals surface area contributed by atoms with Crippen LogP contribution in [0.3, 0.4) is 0 Å². The van der Waals surface area contributed by atoms with Crippen LogP contribution >= 0.6 is 15.9 Å². The third-order valence-electron chi connectivity index (χ3n) is 1.87. The molecule has 0 aliphatic carbocycles. The Morgan fingerprint density at radius 1 is 1.53 bits per heavy atom. The van der Waals surface area contributed by atoms with E-state index in [2.05, 4.69) is 25.7 Å². The van der Waals surface area contributed by atoms with Gasteiger partial charge in [-0.3, -0.25) is 9.78 Å². The van der Waals surface area contributed by atoms with E-state index in [4.69, 9.17) is 0 Å². The maximum Gasteiger partial charge on any atom is 0.417 e. The van der Waals surface area contributed by atoms with Crippen LogP contribution < -0.4 is 0 Å². The molecule has 94 valence electrons.